The van der Waals surface area contributed by atoms with E-state index in [-0.39, 0.29) is 22.8 Å². The molecule has 0 spiro atoms. The quantitative estimate of drug-likeness (QED) is 0.872. The zero-order chi connectivity index (χ0) is 17.1. The monoisotopic (exact) mass is 322 g/mol. The molecule has 2 N–H and O–H groups in total. The zero-order valence-electron chi connectivity index (χ0n) is 12.9. The lowest BCUT2D eigenvalue weighted by atomic mass is 9.85. The van der Waals surface area contributed by atoms with E-state index in [9.17, 15) is 10.1 Å². The number of esters is 1. The fourth-order valence-electron chi connectivity index (χ4n) is 2.62. The van der Waals surface area contributed by atoms with Crippen LogP contribution < -0.4 is 5.73 Å². The molecule has 120 valence electrons. The molecule has 1 atom stereocenters. The number of carbonyl (C=O) groups is 1. The summed E-state index contributed by atoms with van der Waals surface area (Å²) in [5.41, 5.74) is 6.84. The number of nitriles is 1. The molecule has 0 saturated carbocycles. The highest BCUT2D eigenvalue weighted by molar-refractivity contribution is 5.99. The average molecular weight is 322 g/mol. The Morgan fingerprint density at radius 3 is 2.58 bits per heavy atom. The molecule has 0 amide bonds. The second-order valence-electron chi connectivity index (χ2n) is 5.04. The third-order valence-electron chi connectivity index (χ3n) is 3.69. The van der Waals surface area contributed by atoms with Crippen LogP contribution in [0.25, 0.3) is 5.76 Å². The molecule has 2 aromatic rings. The summed E-state index contributed by atoms with van der Waals surface area (Å²) in [7, 11) is 1.27. The average Bonchev–Trinajstić information content (AvgIpc) is 3.15. The van der Waals surface area contributed by atoms with E-state index >= 15 is 0 Å². The third kappa shape index (κ3) is 2.52. The molecular formula is C18H14N2O4. The number of nitrogens with two attached hydrogens (primary N) is 1. The van der Waals surface area contributed by atoms with Crippen molar-refractivity contribution in [3.8, 4) is 6.07 Å². The first-order valence-corrected chi connectivity index (χ1v) is 7.16. The molecule has 1 aliphatic rings. The summed E-state index contributed by atoms with van der Waals surface area (Å²) in [4.78, 5) is 12.4. The maximum absolute atomic E-state index is 12.4. The first-order chi connectivity index (χ1) is 11.7. The molecular weight excluding hydrogens is 308 g/mol. The van der Waals surface area contributed by atoms with Gasteiger partial charge in [-0.25, -0.2) is 4.79 Å². The van der Waals surface area contributed by atoms with Crippen LogP contribution in [0.3, 0.4) is 0 Å². The summed E-state index contributed by atoms with van der Waals surface area (Å²) < 4.78 is 15.9. The number of furan rings is 1. The molecule has 0 unspecified atom stereocenters. The minimum atomic E-state index is -0.790. The van der Waals surface area contributed by atoms with Crippen molar-refractivity contribution in [2.45, 2.75) is 5.92 Å². The number of hydrogen-bond acceptors (Lipinski definition) is 6. The van der Waals surface area contributed by atoms with E-state index in [1.807, 2.05) is 24.3 Å². The number of methoxy groups -OCH3 is 1. The predicted octanol–water partition coefficient (Wildman–Crippen LogP) is 2.67. The lowest BCUT2D eigenvalue weighted by Crippen LogP contribution is -2.25. The van der Waals surface area contributed by atoms with E-state index in [0.717, 1.165) is 0 Å². The molecule has 2 heterocycles. The van der Waals surface area contributed by atoms with Gasteiger partial charge in [-0.2, -0.15) is 5.26 Å². The van der Waals surface area contributed by atoms with E-state index in [1.54, 1.807) is 24.3 Å². The van der Waals surface area contributed by atoms with Gasteiger partial charge in [0.15, 0.2) is 0 Å². The zero-order valence-corrected chi connectivity index (χ0v) is 12.9. The van der Waals surface area contributed by atoms with Gasteiger partial charge in [-0.05, 0) is 12.1 Å². The van der Waals surface area contributed by atoms with Crippen molar-refractivity contribution in [1.29, 1.82) is 5.26 Å². The largest absolute Gasteiger partial charge is 0.468 e. The minimum Gasteiger partial charge on any atom is -0.468 e. The first kappa shape index (κ1) is 15.4. The van der Waals surface area contributed by atoms with Crippen LogP contribution >= 0.6 is 0 Å². The topological polar surface area (TPSA) is 98.5 Å². The van der Waals surface area contributed by atoms with Crippen LogP contribution in [0.4, 0.5) is 0 Å². The van der Waals surface area contributed by atoms with Gasteiger partial charge in [0, 0.05) is 5.56 Å². The molecule has 6 nitrogen and oxygen atoms in total. The van der Waals surface area contributed by atoms with Crippen LogP contribution in [0.5, 0.6) is 0 Å². The van der Waals surface area contributed by atoms with Gasteiger partial charge in [0.05, 0.1) is 24.9 Å². The molecule has 0 saturated heterocycles. The van der Waals surface area contributed by atoms with Crippen molar-refractivity contribution in [3.63, 3.8) is 0 Å². The fraction of sp³-hybridized carbons (Fsp3) is 0.111. The van der Waals surface area contributed by atoms with Crippen LogP contribution in [0.1, 0.15) is 17.2 Å². The van der Waals surface area contributed by atoms with Crippen LogP contribution in [-0.2, 0) is 14.3 Å². The number of benzene rings is 1. The standard InChI is InChI=1S/C18H14N2O4/c1-22-18(21)15-14(13-8-5-9-23-13)12(10-19)17(20)24-16(15)11-6-3-2-4-7-11/h2-9,14H,20H2,1H3/t14-/m1/s1. The first-order valence-electron chi connectivity index (χ1n) is 7.16. The number of allylic oxidation sites excluding steroid dienone is 1. The second kappa shape index (κ2) is 6.34. The van der Waals surface area contributed by atoms with Gasteiger partial charge in [0.25, 0.3) is 0 Å². The van der Waals surface area contributed by atoms with Crippen molar-refractivity contribution < 1.29 is 18.7 Å². The van der Waals surface area contributed by atoms with Crippen molar-refractivity contribution in [2.75, 3.05) is 7.11 Å². The maximum atomic E-state index is 12.4. The van der Waals surface area contributed by atoms with Gasteiger partial charge < -0.3 is 19.6 Å². The lowest BCUT2D eigenvalue weighted by Gasteiger charge is -2.26. The van der Waals surface area contributed by atoms with Gasteiger partial charge in [0.2, 0.25) is 5.88 Å². The Balaban J connectivity index is 2.27. The van der Waals surface area contributed by atoms with Gasteiger partial charge in [-0.15, -0.1) is 0 Å². The highest BCUT2D eigenvalue weighted by Crippen LogP contribution is 2.42. The molecule has 0 bridgehead atoms. The number of hydrogen-bond donors (Lipinski definition) is 1. The molecule has 24 heavy (non-hydrogen) atoms. The van der Waals surface area contributed by atoms with Crippen LogP contribution in [0, 0.1) is 11.3 Å². The van der Waals surface area contributed by atoms with E-state index < -0.39 is 11.9 Å². The molecule has 1 aromatic carbocycles. The fourth-order valence-corrected chi connectivity index (χ4v) is 2.62. The minimum absolute atomic E-state index is 0.0644. The summed E-state index contributed by atoms with van der Waals surface area (Å²) in [5, 5.41) is 9.48. The van der Waals surface area contributed by atoms with E-state index in [1.165, 1.54) is 13.4 Å². The summed E-state index contributed by atoms with van der Waals surface area (Å²) in [6.07, 6.45) is 1.47. The maximum Gasteiger partial charge on any atom is 0.338 e. The highest BCUT2D eigenvalue weighted by atomic mass is 16.5. The summed E-state index contributed by atoms with van der Waals surface area (Å²) in [6, 6.07) is 14.4. The SMILES string of the molecule is COC(=O)C1=C(c2ccccc2)OC(N)=C(C#N)[C@@H]1c1ccco1. The van der Waals surface area contributed by atoms with Gasteiger partial charge in [-0.1, -0.05) is 30.3 Å². The second-order valence-corrected chi connectivity index (χ2v) is 5.04. The van der Waals surface area contributed by atoms with E-state index in [2.05, 4.69) is 0 Å². The molecule has 0 fully saturated rings. The molecule has 1 aromatic heterocycles. The highest BCUT2D eigenvalue weighted by Gasteiger charge is 2.39. The number of carbonyl (C=O) groups excluding carboxylic acids is 1. The smallest absolute Gasteiger partial charge is 0.338 e. The van der Waals surface area contributed by atoms with Crippen molar-refractivity contribution >= 4 is 11.7 Å². The van der Waals surface area contributed by atoms with Crippen molar-refractivity contribution in [3.05, 3.63) is 77.1 Å². The Kier molecular flexibility index (Phi) is 4.08. The summed E-state index contributed by atoms with van der Waals surface area (Å²) in [6.45, 7) is 0. The van der Waals surface area contributed by atoms with Crippen LogP contribution in [0.2, 0.25) is 0 Å². The third-order valence-corrected chi connectivity index (χ3v) is 3.69. The Bertz CT molecular complexity index is 858. The number of nitrogens with zero attached hydrogens (tertiary/aromatic N) is 1. The Morgan fingerprint density at radius 1 is 1.25 bits per heavy atom. The van der Waals surface area contributed by atoms with Crippen molar-refractivity contribution in [2.24, 2.45) is 5.73 Å². The van der Waals surface area contributed by atoms with E-state index in [0.29, 0.717) is 11.3 Å². The molecule has 0 aliphatic carbocycles. The molecule has 3 rings (SSSR count). The Labute approximate surface area is 138 Å². The normalized spacial score (nSPS) is 17.2. The molecule has 0 radical (unpaired) electrons. The Hall–Kier alpha value is -3.46. The van der Waals surface area contributed by atoms with Gasteiger partial charge in [-0.3, -0.25) is 0 Å². The number of rotatable bonds is 3. The Morgan fingerprint density at radius 2 is 2.00 bits per heavy atom. The van der Waals surface area contributed by atoms with Gasteiger partial charge >= 0.3 is 5.97 Å². The summed E-state index contributed by atoms with van der Waals surface area (Å²) >= 11 is 0. The molecule has 1 aliphatic heterocycles. The van der Waals surface area contributed by atoms with Crippen molar-refractivity contribution in [1.82, 2.24) is 0 Å². The van der Waals surface area contributed by atoms with Crippen LogP contribution in [-0.4, -0.2) is 13.1 Å². The van der Waals surface area contributed by atoms with Crippen LogP contribution in [0.15, 0.2) is 70.2 Å². The number of ether oxygens (including phenoxy) is 2. The van der Waals surface area contributed by atoms with Gasteiger partial charge in [0.1, 0.15) is 23.2 Å². The van der Waals surface area contributed by atoms with E-state index in [4.69, 9.17) is 19.6 Å². The molecule has 6 heteroatoms. The summed E-state index contributed by atoms with van der Waals surface area (Å²) in [5.74, 6) is -0.811. The lowest BCUT2D eigenvalue weighted by molar-refractivity contribution is -0.136. The predicted molar refractivity (Wildman–Crippen MR) is 84.7 cm³/mol.